The van der Waals surface area contributed by atoms with Crippen molar-refractivity contribution in [1.82, 2.24) is 15.5 Å². The predicted molar refractivity (Wildman–Crippen MR) is 98.0 cm³/mol. The zero-order chi connectivity index (χ0) is 19.7. The second-order valence-corrected chi connectivity index (χ2v) is 6.65. The third-order valence-corrected chi connectivity index (χ3v) is 3.39. The van der Waals surface area contributed by atoms with Crippen LogP contribution in [-0.2, 0) is 11.3 Å². The molecule has 0 atom stereocenters. The summed E-state index contributed by atoms with van der Waals surface area (Å²) in [5.41, 5.74) is -0.346. The Labute approximate surface area is 153 Å². The maximum absolute atomic E-state index is 13.6. The van der Waals surface area contributed by atoms with Crippen LogP contribution in [0.15, 0.2) is 23.2 Å². The quantitative estimate of drug-likeness (QED) is 0.597. The van der Waals surface area contributed by atoms with Crippen LogP contribution < -0.4 is 10.6 Å². The molecule has 2 N–H and O–H groups in total. The molecule has 0 fully saturated rings. The fourth-order valence-electron chi connectivity index (χ4n) is 2.09. The molecule has 0 spiro atoms. The normalized spacial score (nSPS) is 11.9. The van der Waals surface area contributed by atoms with Gasteiger partial charge in [-0.2, -0.15) is 0 Å². The van der Waals surface area contributed by atoms with E-state index in [1.165, 1.54) is 0 Å². The van der Waals surface area contributed by atoms with E-state index in [1.54, 1.807) is 11.9 Å². The van der Waals surface area contributed by atoms with Crippen LogP contribution in [0.4, 0.5) is 13.6 Å². The smallest absolute Gasteiger partial charge is 0.410 e. The Kier molecular flexibility index (Phi) is 8.28. The van der Waals surface area contributed by atoms with E-state index < -0.39 is 17.2 Å². The average Bonchev–Trinajstić information content (AvgIpc) is 2.55. The molecule has 0 radical (unpaired) electrons. The summed E-state index contributed by atoms with van der Waals surface area (Å²) in [7, 11) is 1.57. The van der Waals surface area contributed by atoms with Crippen LogP contribution in [0.3, 0.4) is 0 Å². The molecule has 1 aromatic rings. The number of nitrogens with zero attached hydrogens (tertiary/aromatic N) is 2. The molecule has 0 saturated heterocycles. The number of likely N-dealkylation sites (N-methyl/N-ethyl adjacent to an activating group) is 1. The maximum Gasteiger partial charge on any atom is 0.410 e. The monoisotopic (exact) mass is 370 g/mol. The molecular weight excluding hydrogens is 342 g/mol. The number of aliphatic imine (C=N–C) groups is 1. The summed E-state index contributed by atoms with van der Waals surface area (Å²) >= 11 is 0. The van der Waals surface area contributed by atoms with Crippen molar-refractivity contribution in [3.8, 4) is 0 Å². The molecule has 1 aromatic carbocycles. The van der Waals surface area contributed by atoms with Gasteiger partial charge in [0.15, 0.2) is 5.96 Å². The zero-order valence-electron chi connectivity index (χ0n) is 16.0. The number of guanidine groups is 1. The molecule has 0 aromatic heterocycles. The Balaban J connectivity index is 2.48. The van der Waals surface area contributed by atoms with E-state index in [9.17, 15) is 13.6 Å². The van der Waals surface area contributed by atoms with Crippen LogP contribution in [-0.4, -0.2) is 49.2 Å². The van der Waals surface area contributed by atoms with E-state index in [0.29, 0.717) is 25.6 Å². The first kappa shape index (κ1) is 21.7. The number of amides is 1. The summed E-state index contributed by atoms with van der Waals surface area (Å²) in [4.78, 5) is 17.7. The number of benzene rings is 1. The average molecular weight is 370 g/mol. The van der Waals surface area contributed by atoms with Gasteiger partial charge >= 0.3 is 6.09 Å². The third kappa shape index (κ3) is 7.67. The molecule has 0 aliphatic carbocycles. The van der Waals surface area contributed by atoms with Gasteiger partial charge in [0.1, 0.15) is 17.2 Å². The fourth-order valence-corrected chi connectivity index (χ4v) is 2.09. The molecule has 0 heterocycles. The summed E-state index contributed by atoms with van der Waals surface area (Å²) in [6.07, 6.45) is -0.383. The number of halogens is 2. The number of ether oxygens (including phenoxy) is 1. The van der Waals surface area contributed by atoms with Gasteiger partial charge in [0.25, 0.3) is 0 Å². The lowest BCUT2D eigenvalue weighted by Crippen LogP contribution is -2.44. The number of nitrogens with one attached hydrogen (secondary N) is 2. The van der Waals surface area contributed by atoms with Gasteiger partial charge in [-0.1, -0.05) is 0 Å². The SMILES string of the molecule is CCN(CCNC(=NC)NCc1cc(F)ccc1F)C(=O)OC(C)(C)C. The molecule has 8 heteroatoms. The highest BCUT2D eigenvalue weighted by atomic mass is 19.1. The van der Waals surface area contributed by atoms with Gasteiger partial charge in [-0.25, -0.2) is 13.6 Å². The largest absolute Gasteiger partial charge is 0.444 e. The Bertz CT molecular complexity index is 630. The van der Waals surface area contributed by atoms with Crippen LogP contribution in [0, 0.1) is 11.6 Å². The van der Waals surface area contributed by atoms with E-state index >= 15 is 0 Å². The molecular formula is C18H28F2N4O2. The Hall–Kier alpha value is -2.38. The van der Waals surface area contributed by atoms with Crippen LogP contribution in [0.1, 0.15) is 33.3 Å². The molecule has 0 aliphatic rings. The van der Waals surface area contributed by atoms with Gasteiger partial charge in [-0.05, 0) is 45.9 Å². The van der Waals surface area contributed by atoms with Gasteiger partial charge in [0.2, 0.25) is 0 Å². The standard InChI is InChI=1S/C18H28F2N4O2/c1-6-24(17(25)26-18(2,3)4)10-9-22-16(21-5)23-12-13-11-14(19)7-8-15(13)20/h7-8,11H,6,9-10,12H2,1-5H3,(H2,21,22,23). The summed E-state index contributed by atoms with van der Waals surface area (Å²) in [5, 5.41) is 5.94. The molecule has 1 rings (SSSR count). The summed E-state index contributed by atoms with van der Waals surface area (Å²) < 4.78 is 32.2. The molecule has 1 amide bonds. The van der Waals surface area contributed by atoms with E-state index in [2.05, 4.69) is 15.6 Å². The molecule has 0 saturated carbocycles. The minimum Gasteiger partial charge on any atom is -0.444 e. The van der Waals surface area contributed by atoms with Crippen molar-refractivity contribution in [2.24, 2.45) is 4.99 Å². The van der Waals surface area contributed by atoms with E-state index in [4.69, 9.17) is 4.74 Å². The van der Waals surface area contributed by atoms with Crippen LogP contribution >= 0.6 is 0 Å². The van der Waals surface area contributed by atoms with E-state index in [0.717, 1.165) is 18.2 Å². The summed E-state index contributed by atoms with van der Waals surface area (Å²) in [5.74, 6) is -0.563. The number of hydrogen-bond donors (Lipinski definition) is 2. The van der Waals surface area contributed by atoms with E-state index in [1.807, 2.05) is 27.7 Å². The van der Waals surface area contributed by atoms with Gasteiger partial charge in [0.05, 0.1) is 0 Å². The van der Waals surface area contributed by atoms with Crippen molar-refractivity contribution < 1.29 is 18.3 Å². The molecule has 26 heavy (non-hydrogen) atoms. The van der Waals surface area contributed by atoms with Gasteiger partial charge < -0.3 is 20.3 Å². The van der Waals surface area contributed by atoms with Crippen molar-refractivity contribution >= 4 is 12.1 Å². The Morgan fingerprint density at radius 2 is 1.96 bits per heavy atom. The maximum atomic E-state index is 13.6. The molecule has 6 nitrogen and oxygen atoms in total. The van der Waals surface area contributed by atoms with Crippen molar-refractivity contribution in [1.29, 1.82) is 0 Å². The minimum atomic E-state index is -0.551. The summed E-state index contributed by atoms with van der Waals surface area (Å²) in [6, 6.07) is 3.29. The van der Waals surface area contributed by atoms with Gasteiger partial charge in [-0.3, -0.25) is 4.99 Å². The number of rotatable bonds is 6. The fraction of sp³-hybridized carbons (Fsp3) is 0.556. The Morgan fingerprint density at radius 1 is 1.27 bits per heavy atom. The second kappa shape index (κ2) is 9.94. The minimum absolute atomic E-state index is 0.0901. The highest BCUT2D eigenvalue weighted by Gasteiger charge is 2.20. The number of carbonyl (C=O) groups excluding carboxylic acids is 1. The first-order valence-electron chi connectivity index (χ1n) is 8.52. The van der Waals surface area contributed by atoms with Crippen molar-refractivity contribution in [3.05, 3.63) is 35.4 Å². The lowest BCUT2D eigenvalue weighted by atomic mass is 10.2. The van der Waals surface area contributed by atoms with Crippen molar-refractivity contribution in [3.63, 3.8) is 0 Å². The van der Waals surface area contributed by atoms with Crippen molar-refractivity contribution in [2.45, 2.75) is 39.8 Å². The van der Waals surface area contributed by atoms with Crippen LogP contribution in [0.2, 0.25) is 0 Å². The topological polar surface area (TPSA) is 66.0 Å². The molecule has 0 bridgehead atoms. The van der Waals surface area contributed by atoms with Crippen LogP contribution in [0.25, 0.3) is 0 Å². The lowest BCUT2D eigenvalue weighted by Gasteiger charge is -2.26. The number of hydrogen-bond acceptors (Lipinski definition) is 3. The van der Waals surface area contributed by atoms with Crippen molar-refractivity contribution in [2.75, 3.05) is 26.7 Å². The lowest BCUT2D eigenvalue weighted by molar-refractivity contribution is 0.0264. The summed E-state index contributed by atoms with van der Waals surface area (Å²) in [6.45, 7) is 8.75. The highest BCUT2D eigenvalue weighted by Crippen LogP contribution is 2.10. The third-order valence-electron chi connectivity index (χ3n) is 3.39. The van der Waals surface area contributed by atoms with Gasteiger partial charge in [-0.15, -0.1) is 0 Å². The number of carbonyl (C=O) groups is 1. The molecule has 0 unspecified atom stereocenters. The van der Waals surface area contributed by atoms with Gasteiger partial charge in [0, 0.05) is 38.8 Å². The Morgan fingerprint density at radius 3 is 2.54 bits per heavy atom. The predicted octanol–water partition coefficient (Wildman–Crippen LogP) is 2.89. The first-order chi connectivity index (χ1) is 12.2. The second-order valence-electron chi connectivity index (χ2n) is 6.65. The van der Waals surface area contributed by atoms with E-state index in [-0.39, 0.29) is 18.2 Å². The molecule has 146 valence electrons. The molecule has 0 aliphatic heterocycles. The van der Waals surface area contributed by atoms with Crippen LogP contribution in [0.5, 0.6) is 0 Å². The zero-order valence-corrected chi connectivity index (χ0v) is 16.0. The first-order valence-corrected chi connectivity index (χ1v) is 8.52. The highest BCUT2D eigenvalue weighted by molar-refractivity contribution is 5.79.